The van der Waals surface area contributed by atoms with Crippen LogP contribution in [0.1, 0.15) is 40.5 Å². The van der Waals surface area contributed by atoms with E-state index in [2.05, 4.69) is 31.4 Å². The van der Waals surface area contributed by atoms with Crippen LogP contribution < -0.4 is 10.6 Å². The van der Waals surface area contributed by atoms with Crippen LogP contribution in [0, 0.1) is 10.8 Å². The molecule has 1 atom stereocenters. The number of sulfone groups is 1. The second kappa shape index (κ2) is 5.31. The molecule has 0 radical (unpaired) electrons. The van der Waals surface area contributed by atoms with Gasteiger partial charge in [-0.3, -0.25) is 0 Å². The molecular formula is C13H26N2O3S. The molecule has 1 rings (SSSR count). The first-order valence-corrected chi connectivity index (χ1v) is 8.72. The summed E-state index contributed by atoms with van der Waals surface area (Å²) in [5.74, 6) is 0.162. The minimum absolute atomic E-state index is 0.00135. The number of nitrogens with one attached hydrogen (secondary N) is 2. The second-order valence-corrected chi connectivity index (χ2v) is 9.12. The predicted octanol–water partition coefficient (Wildman–Crippen LogP) is 1.54. The Morgan fingerprint density at radius 1 is 1.32 bits per heavy atom. The van der Waals surface area contributed by atoms with Gasteiger partial charge in [0.15, 0.2) is 0 Å². The van der Waals surface area contributed by atoms with Gasteiger partial charge in [0, 0.05) is 24.3 Å². The monoisotopic (exact) mass is 290 g/mol. The first-order valence-electron chi connectivity index (χ1n) is 6.66. The molecule has 2 amide bonds. The van der Waals surface area contributed by atoms with Crippen LogP contribution in [0.15, 0.2) is 0 Å². The van der Waals surface area contributed by atoms with Gasteiger partial charge in [0.05, 0.1) is 5.75 Å². The van der Waals surface area contributed by atoms with Crippen LogP contribution in [0.5, 0.6) is 0 Å². The van der Waals surface area contributed by atoms with Gasteiger partial charge < -0.3 is 10.6 Å². The van der Waals surface area contributed by atoms with E-state index in [0.29, 0.717) is 6.54 Å². The minimum atomic E-state index is -2.99. The van der Waals surface area contributed by atoms with Gasteiger partial charge in [0.1, 0.15) is 9.84 Å². The fraction of sp³-hybridized carbons (Fsp3) is 0.923. The fourth-order valence-corrected chi connectivity index (χ4v) is 3.34. The number of hydrogen-bond acceptors (Lipinski definition) is 3. The van der Waals surface area contributed by atoms with E-state index in [1.54, 1.807) is 0 Å². The molecule has 6 heteroatoms. The molecule has 112 valence electrons. The molecule has 0 aromatic carbocycles. The zero-order valence-electron chi connectivity index (χ0n) is 12.5. The van der Waals surface area contributed by atoms with Gasteiger partial charge in [0.2, 0.25) is 0 Å². The van der Waals surface area contributed by atoms with Crippen molar-refractivity contribution in [1.82, 2.24) is 10.6 Å². The molecule has 0 saturated heterocycles. The molecule has 1 aliphatic rings. The van der Waals surface area contributed by atoms with E-state index in [-0.39, 0.29) is 28.7 Å². The molecule has 0 heterocycles. The summed E-state index contributed by atoms with van der Waals surface area (Å²) in [5.41, 5.74) is -0.225. The number of urea groups is 1. The summed E-state index contributed by atoms with van der Waals surface area (Å²) in [5, 5.41) is 5.68. The lowest BCUT2D eigenvalue weighted by atomic mass is 9.88. The Kier molecular flexibility index (Phi) is 4.55. The second-order valence-electron chi connectivity index (χ2n) is 6.98. The standard InChI is InChI=1S/C13H26N2O3S/c1-10(12(2,3)4)15-11(16)14-8-13(6-7-13)9-19(5,17)18/h10H,6-9H2,1-5H3,(H2,14,15,16). The normalized spacial score (nSPS) is 19.6. The van der Waals surface area contributed by atoms with Gasteiger partial charge in [-0.1, -0.05) is 20.8 Å². The van der Waals surface area contributed by atoms with Crippen molar-refractivity contribution in [2.75, 3.05) is 18.6 Å². The Morgan fingerprint density at radius 3 is 2.21 bits per heavy atom. The van der Waals surface area contributed by atoms with Crippen molar-refractivity contribution in [2.45, 2.75) is 46.6 Å². The number of rotatable bonds is 5. The summed E-state index contributed by atoms with van der Waals surface area (Å²) in [6.07, 6.45) is 2.99. The van der Waals surface area contributed by atoms with Crippen LogP contribution in [-0.4, -0.2) is 39.0 Å². The van der Waals surface area contributed by atoms with Crippen LogP contribution in [0.25, 0.3) is 0 Å². The average Bonchev–Trinajstić information content (AvgIpc) is 2.91. The van der Waals surface area contributed by atoms with Crippen molar-refractivity contribution < 1.29 is 13.2 Å². The number of amides is 2. The third kappa shape index (κ3) is 5.80. The van der Waals surface area contributed by atoms with Crippen molar-refractivity contribution >= 4 is 15.9 Å². The van der Waals surface area contributed by atoms with E-state index in [4.69, 9.17) is 0 Å². The first-order chi connectivity index (χ1) is 8.44. The van der Waals surface area contributed by atoms with Gasteiger partial charge >= 0.3 is 6.03 Å². The molecule has 0 aromatic rings. The SMILES string of the molecule is CC(NC(=O)NCC1(CS(C)(=O)=O)CC1)C(C)(C)C. The zero-order chi connectivity index (χ0) is 14.9. The van der Waals surface area contributed by atoms with E-state index in [1.807, 2.05) is 6.92 Å². The van der Waals surface area contributed by atoms with E-state index >= 15 is 0 Å². The lowest BCUT2D eigenvalue weighted by molar-refractivity contribution is 0.220. The average molecular weight is 290 g/mol. The molecule has 0 bridgehead atoms. The summed E-state index contributed by atoms with van der Waals surface area (Å²) >= 11 is 0. The minimum Gasteiger partial charge on any atom is -0.338 e. The van der Waals surface area contributed by atoms with Gasteiger partial charge in [-0.2, -0.15) is 0 Å². The van der Waals surface area contributed by atoms with Crippen molar-refractivity contribution in [1.29, 1.82) is 0 Å². The summed E-state index contributed by atoms with van der Waals surface area (Å²) in [7, 11) is -2.99. The summed E-state index contributed by atoms with van der Waals surface area (Å²) in [4.78, 5) is 11.8. The Morgan fingerprint density at radius 2 is 1.84 bits per heavy atom. The van der Waals surface area contributed by atoms with E-state index in [0.717, 1.165) is 12.8 Å². The summed E-state index contributed by atoms with van der Waals surface area (Å²) in [6, 6.07) is -0.167. The number of carbonyl (C=O) groups is 1. The zero-order valence-corrected chi connectivity index (χ0v) is 13.4. The third-order valence-electron chi connectivity index (χ3n) is 3.80. The smallest absolute Gasteiger partial charge is 0.315 e. The van der Waals surface area contributed by atoms with Crippen molar-refractivity contribution in [3.63, 3.8) is 0 Å². The summed E-state index contributed by atoms with van der Waals surface area (Å²) < 4.78 is 22.6. The lowest BCUT2D eigenvalue weighted by Gasteiger charge is -2.28. The summed E-state index contributed by atoms with van der Waals surface area (Å²) in [6.45, 7) is 8.57. The van der Waals surface area contributed by atoms with Crippen LogP contribution in [0.4, 0.5) is 4.79 Å². The Hall–Kier alpha value is -0.780. The molecule has 1 saturated carbocycles. The van der Waals surface area contributed by atoms with Crippen LogP contribution in [0.2, 0.25) is 0 Å². The fourth-order valence-electron chi connectivity index (χ4n) is 1.84. The number of carbonyl (C=O) groups excluding carboxylic acids is 1. The van der Waals surface area contributed by atoms with Gasteiger partial charge in [-0.05, 0) is 25.2 Å². The maximum Gasteiger partial charge on any atom is 0.315 e. The van der Waals surface area contributed by atoms with Crippen molar-refractivity contribution in [2.24, 2.45) is 10.8 Å². The number of hydrogen-bond donors (Lipinski definition) is 2. The molecule has 1 unspecified atom stereocenters. The molecule has 0 aliphatic heterocycles. The molecule has 0 spiro atoms. The molecule has 1 fully saturated rings. The third-order valence-corrected chi connectivity index (χ3v) is 4.93. The Balaban J connectivity index is 2.39. The van der Waals surface area contributed by atoms with E-state index in [1.165, 1.54) is 6.26 Å². The highest BCUT2D eigenvalue weighted by atomic mass is 32.2. The van der Waals surface area contributed by atoms with E-state index < -0.39 is 9.84 Å². The molecule has 0 aromatic heterocycles. The topological polar surface area (TPSA) is 75.3 Å². The molecule has 1 aliphatic carbocycles. The highest BCUT2D eigenvalue weighted by Gasteiger charge is 2.45. The van der Waals surface area contributed by atoms with Crippen molar-refractivity contribution in [3.05, 3.63) is 0 Å². The predicted molar refractivity (Wildman–Crippen MR) is 76.8 cm³/mol. The maximum atomic E-state index is 11.8. The van der Waals surface area contributed by atoms with Gasteiger partial charge in [-0.15, -0.1) is 0 Å². The molecule has 2 N–H and O–H groups in total. The molecule has 5 nitrogen and oxygen atoms in total. The van der Waals surface area contributed by atoms with Gasteiger partial charge in [-0.25, -0.2) is 13.2 Å². The highest BCUT2D eigenvalue weighted by molar-refractivity contribution is 7.90. The highest BCUT2D eigenvalue weighted by Crippen LogP contribution is 2.45. The first kappa shape index (κ1) is 16.3. The van der Waals surface area contributed by atoms with Crippen LogP contribution in [-0.2, 0) is 9.84 Å². The van der Waals surface area contributed by atoms with Gasteiger partial charge in [0.25, 0.3) is 0 Å². The quantitative estimate of drug-likeness (QED) is 0.806. The van der Waals surface area contributed by atoms with E-state index in [9.17, 15) is 13.2 Å². The maximum absolute atomic E-state index is 11.8. The Labute approximate surface area is 116 Å². The molecular weight excluding hydrogens is 264 g/mol. The Bertz CT molecular complexity index is 433. The van der Waals surface area contributed by atoms with Crippen molar-refractivity contribution in [3.8, 4) is 0 Å². The van der Waals surface area contributed by atoms with Crippen LogP contribution in [0.3, 0.4) is 0 Å². The molecule has 19 heavy (non-hydrogen) atoms. The lowest BCUT2D eigenvalue weighted by Crippen LogP contribution is -2.48. The largest absolute Gasteiger partial charge is 0.338 e. The van der Waals surface area contributed by atoms with Crippen LogP contribution >= 0.6 is 0 Å².